The van der Waals surface area contributed by atoms with E-state index in [2.05, 4.69) is 23.1 Å². The van der Waals surface area contributed by atoms with Crippen molar-refractivity contribution in [3.8, 4) is 11.8 Å². The van der Waals surface area contributed by atoms with E-state index in [4.69, 9.17) is 0 Å². The Kier molecular flexibility index (Phi) is 5.88. The summed E-state index contributed by atoms with van der Waals surface area (Å²) >= 11 is 0. The number of benzene rings is 3. The summed E-state index contributed by atoms with van der Waals surface area (Å²) in [6, 6.07) is 22.3. The molecule has 4 nitrogen and oxygen atoms in total. The van der Waals surface area contributed by atoms with E-state index in [1.807, 2.05) is 37.3 Å². The molecule has 0 aromatic heterocycles. The highest BCUT2D eigenvalue weighted by Gasteiger charge is 2.27. The molecule has 5 heteroatoms. The van der Waals surface area contributed by atoms with Crippen molar-refractivity contribution in [3.63, 3.8) is 0 Å². The lowest BCUT2D eigenvalue weighted by Crippen LogP contribution is -2.24. The molecule has 146 valence electrons. The molecule has 3 aromatic carbocycles. The van der Waals surface area contributed by atoms with E-state index in [9.17, 15) is 13.5 Å². The lowest BCUT2D eigenvalue weighted by molar-refractivity contribution is 0.155. The number of para-hydroxylation sites is 1. The van der Waals surface area contributed by atoms with Gasteiger partial charge in [0.15, 0.2) is 5.60 Å². The van der Waals surface area contributed by atoms with Gasteiger partial charge in [0.2, 0.25) is 0 Å². The smallest absolute Gasteiger partial charge is 0.261 e. The van der Waals surface area contributed by atoms with Crippen molar-refractivity contribution >= 4 is 15.7 Å². The Hall–Kier alpha value is -3.33. The molecule has 0 bridgehead atoms. The Balaban J connectivity index is 2.00. The van der Waals surface area contributed by atoms with Crippen LogP contribution in [0.2, 0.25) is 0 Å². The van der Waals surface area contributed by atoms with Crippen LogP contribution in [0.4, 0.5) is 5.69 Å². The molecule has 0 aliphatic carbocycles. The van der Waals surface area contributed by atoms with E-state index >= 15 is 0 Å². The first kappa shape index (κ1) is 20.4. The Morgan fingerprint density at radius 2 is 1.59 bits per heavy atom. The second-order valence-electron chi connectivity index (χ2n) is 6.55. The van der Waals surface area contributed by atoms with Crippen LogP contribution in [0.1, 0.15) is 16.7 Å². The first-order valence-corrected chi connectivity index (χ1v) is 10.5. The van der Waals surface area contributed by atoms with E-state index in [0.717, 1.165) is 11.1 Å². The maximum atomic E-state index is 12.8. The van der Waals surface area contributed by atoms with Gasteiger partial charge in [0, 0.05) is 11.1 Å². The number of rotatable bonds is 5. The SMILES string of the molecule is C=CC(O)(C#Cc1ccccc1)c1ccccc1NS(=O)(=O)c1ccc(C)cc1. The minimum absolute atomic E-state index is 0.135. The van der Waals surface area contributed by atoms with Crippen LogP contribution < -0.4 is 4.72 Å². The fourth-order valence-electron chi connectivity index (χ4n) is 2.74. The van der Waals surface area contributed by atoms with Crippen molar-refractivity contribution in [3.05, 3.63) is 108 Å². The number of hydrogen-bond acceptors (Lipinski definition) is 3. The minimum Gasteiger partial charge on any atom is -0.370 e. The summed E-state index contributed by atoms with van der Waals surface area (Å²) in [6.45, 7) is 5.58. The summed E-state index contributed by atoms with van der Waals surface area (Å²) < 4.78 is 28.2. The van der Waals surface area contributed by atoms with Crippen molar-refractivity contribution in [1.29, 1.82) is 0 Å². The quantitative estimate of drug-likeness (QED) is 0.495. The number of anilines is 1. The standard InChI is InChI=1S/C24H21NO3S/c1-3-24(26,18-17-20-9-5-4-6-10-20)22-11-7-8-12-23(22)25-29(27,28)21-15-13-19(2)14-16-21/h3-16,25-26H,1H2,2H3. The van der Waals surface area contributed by atoms with Crippen LogP contribution in [0.15, 0.2) is 96.4 Å². The van der Waals surface area contributed by atoms with Crippen molar-refractivity contribution in [2.75, 3.05) is 4.72 Å². The molecule has 0 saturated heterocycles. The number of aryl methyl sites for hydroxylation is 1. The molecule has 0 radical (unpaired) electrons. The first-order chi connectivity index (χ1) is 13.8. The molecule has 0 aliphatic rings. The Morgan fingerprint density at radius 1 is 0.966 bits per heavy atom. The zero-order chi connectivity index (χ0) is 20.9. The molecule has 0 aliphatic heterocycles. The van der Waals surface area contributed by atoms with Gasteiger partial charge in [-0.15, -0.1) is 0 Å². The highest BCUT2D eigenvalue weighted by molar-refractivity contribution is 7.92. The van der Waals surface area contributed by atoms with Gasteiger partial charge in [-0.05, 0) is 43.3 Å². The van der Waals surface area contributed by atoms with Crippen LogP contribution in [0.3, 0.4) is 0 Å². The molecule has 29 heavy (non-hydrogen) atoms. The third-order valence-electron chi connectivity index (χ3n) is 4.38. The predicted octanol–water partition coefficient (Wildman–Crippen LogP) is 4.22. The van der Waals surface area contributed by atoms with Gasteiger partial charge in [0.1, 0.15) is 0 Å². The highest BCUT2D eigenvalue weighted by atomic mass is 32.2. The second kappa shape index (κ2) is 8.36. The van der Waals surface area contributed by atoms with Crippen LogP contribution in [0.5, 0.6) is 0 Å². The zero-order valence-electron chi connectivity index (χ0n) is 16.0. The van der Waals surface area contributed by atoms with Crippen LogP contribution in [-0.4, -0.2) is 13.5 Å². The monoisotopic (exact) mass is 403 g/mol. The molecule has 0 fully saturated rings. The van der Waals surface area contributed by atoms with Gasteiger partial charge in [-0.3, -0.25) is 4.72 Å². The van der Waals surface area contributed by atoms with Crippen LogP contribution >= 0.6 is 0 Å². The number of sulfonamides is 1. The Bertz CT molecular complexity index is 1170. The highest BCUT2D eigenvalue weighted by Crippen LogP contribution is 2.30. The molecule has 0 spiro atoms. The molecule has 3 rings (SSSR count). The average molecular weight is 404 g/mol. The minimum atomic E-state index is -3.83. The van der Waals surface area contributed by atoms with Crippen LogP contribution in [-0.2, 0) is 15.6 Å². The maximum absolute atomic E-state index is 12.8. The van der Waals surface area contributed by atoms with E-state index in [0.29, 0.717) is 5.56 Å². The molecular formula is C24H21NO3S. The third kappa shape index (κ3) is 4.75. The summed E-state index contributed by atoms with van der Waals surface area (Å²) in [7, 11) is -3.83. The molecule has 0 amide bonds. The largest absolute Gasteiger partial charge is 0.370 e. The Morgan fingerprint density at radius 3 is 2.24 bits per heavy atom. The molecular weight excluding hydrogens is 382 g/mol. The van der Waals surface area contributed by atoms with E-state index in [-0.39, 0.29) is 10.6 Å². The lowest BCUT2D eigenvalue weighted by Gasteiger charge is -2.22. The third-order valence-corrected chi connectivity index (χ3v) is 5.76. The molecule has 1 atom stereocenters. The number of hydrogen-bond donors (Lipinski definition) is 2. The van der Waals surface area contributed by atoms with Gasteiger partial charge >= 0.3 is 0 Å². The summed E-state index contributed by atoms with van der Waals surface area (Å²) in [5.41, 5.74) is 0.487. The summed E-state index contributed by atoms with van der Waals surface area (Å²) in [6.07, 6.45) is 1.29. The fraction of sp³-hybridized carbons (Fsp3) is 0.0833. The topological polar surface area (TPSA) is 66.4 Å². The van der Waals surface area contributed by atoms with Crippen molar-refractivity contribution in [2.24, 2.45) is 0 Å². The van der Waals surface area contributed by atoms with E-state index in [1.165, 1.54) is 18.2 Å². The van der Waals surface area contributed by atoms with Crippen molar-refractivity contribution < 1.29 is 13.5 Å². The van der Waals surface area contributed by atoms with Gasteiger partial charge in [-0.2, -0.15) is 0 Å². The van der Waals surface area contributed by atoms with Crippen LogP contribution in [0.25, 0.3) is 0 Å². The molecule has 2 N–H and O–H groups in total. The van der Waals surface area contributed by atoms with Gasteiger partial charge in [-0.25, -0.2) is 8.42 Å². The lowest BCUT2D eigenvalue weighted by atomic mass is 9.92. The fourth-order valence-corrected chi connectivity index (χ4v) is 3.82. The molecule has 0 saturated carbocycles. The molecule has 1 unspecified atom stereocenters. The van der Waals surface area contributed by atoms with Gasteiger partial charge in [0.05, 0.1) is 10.6 Å². The van der Waals surface area contributed by atoms with Gasteiger partial charge < -0.3 is 5.11 Å². The Labute approximate surface area is 171 Å². The number of nitrogens with one attached hydrogen (secondary N) is 1. The van der Waals surface area contributed by atoms with Gasteiger partial charge in [-0.1, -0.05) is 72.5 Å². The summed E-state index contributed by atoms with van der Waals surface area (Å²) in [5.74, 6) is 5.72. The first-order valence-electron chi connectivity index (χ1n) is 8.97. The summed E-state index contributed by atoms with van der Waals surface area (Å²) in [5, 5.41) is 11.1. The van der Waals surface area contributed by atoms with E-state index in [1.54, 1.807) is 36.4 Å². The molecule has 0 heterocycles. The second-order valence-corrected chi connectivity index (χ2v) is 8.23. The zero-order valence-corrected chi connectivity index (χ0v) is 16.8. The summed E-state index contributed by atoms with van der Waals surface area (Å²) in [4.78, 5) is 0.135. The predicted molar refractivity (Wildman–Crippen MR) is 116 cm³/mol. The van der Waals surface area contributed by atoms with Crippen LogP contribution in [0, 0.1) is 18.8 Å². The number of aliphatic hydroxyl groups is 1. The van der Waals surface area contributed by atoms with Gasteiger partial charge in [0.25, 0.3) is 10.0 Å². The normalized spacial score (nSPS) is 12.9. The molecule has 3 aromatic rings. The van der Waals surface area contributed by atoms with E-state index < -0.39 is 15.6 Å². The average Bonchev–Trinajstić information content (AvgIpc) is 2.73. The van der Waals surface area contributed by atoms with Crippen molar-refractivity contribution in [1.82, 2.24) is 0 Å². The maximum Gasteiger partial charge on any atom is 0.261 e. The van der Waals surface area contributed by atoms with Crippen molar-refractivity contribution in [2.45, 2.75) is 17.4 Å².